The summed E-state index contributed by atoms with van der Waals surface area (Å²) < 4.78 is 19.1. The Morgan fingerprint density at radius 3 is 2.68 bits per heavy atom. The van der Waals surface area contributed by atoms with Crippen LogP contribution >= 0.6 is 27.7 Å². The Hall–Kier alpha value is -2.45. The van der Waals surface area contributed by atoms with Gasteiger partial charge in [-0.25, -0.2) is 4.39 Å². The van der Waals surface area contributed by atoms with Crippen molar-refractivity contribution < 1.29 is 13.6 Å². The molecule has 1 aromatic heterocycles. The second kappa shape index (κ2) is 6.12. The molecule has 0 aliphatic carbocycles. The molecule has 8 heteroatoms. The Labute approximate surface area is 154 Å². The van der Waals surface area contributed by atoms with Crippen LogP contribution in [0.2, 0.25) is 0 Å². The number of carbonyl (C=O) groups is 1. The van der Waals surface area contributed by atoms with Crippen LogP contribution in [0.15, 0.2) is 61.5 Å². The highest BCUT2D eigenvalue weighted by Crippen LogP contribution is 2.37. The summed E-state index contributed by atoms with van der Waals surface area (Å²) in [5.74, 6) is -0.386. The number of hydrogen-bond acceptors (Lipinski definition) is 4. The predicted molar refractivity (Wildman–Crippen MR) is 98.4 cm³/mol. The van der Waals surface area contributed by atoms with E-state index in [0.717, 1.165) is 5.56 Å². The van der Waals surface area contributed by atoms with Crippen molar-refractivity contribution in [2.75, 3.05) is 0 Å². The second-order valence-corrected chi connectivity index (χ2v) is 6.83. The number of fused-ring (bicyclic) bond motifs is 1. The molecule has 2 aliphatic rings. The van der Waals surface area contributed by atoms with Gasteiger partial charge in [-0.1, -0.05) is 11.8 Å². The van der Waals surface area contributed by atoms with Crippen molar-refractivity contribution in [2.45, 2.75) is 0 Å². The van der Waals surface area contributed by atoms with Crippen molar-refractivity contribution in [3.8, 4) is 0 Å². The SMILES string of the molecule is N=C1C(=Cc2ccc(Br)o2)C(=O)N=C2SC=C(c3ccc(F)cc3)N12. The van der Waals surface area contributed by atoms with Gasteiger partial charge in [-0.3, -0.25) is 15.1 Å². The number of carbonyl (C=O) groups excluding carboxylic acids is 1. The van der Waals surface area contributed by atoms with Gasteiger partial charge in [-0.05, 0) is 64.0 Å². The molecule has 0 saturated heterocycles. The summed E-state index contributed by atoms with van der Waals surface area (Å²) in [6.07, 6.45) is 1.49. The third-order valence-corrected chi connectivity index (χ3v) is 4.89. The lowest BCUT2D eigenvalue weighted by Crippen LogP contribution is -2.38. The van der Waals surface area contributed by atoms with E-state index in [1.165, 1.54) is 30.0 Å². The first-order valence-corrected chi connectivity index (χ1v) is 8.82. The number of halogens is 2. The lowest BCUT2D eigenvalue weighted by molar-refractivity contribution is -0.114. The molecule has 1 amide bonds. The largest absolute Gasteiger partial charge is 0.450 e. The van der Waals surface area contributed by atoms with E-state index in [-0.39, 0.29) is 17.2 Å². The Kier molecular flexibility index (Phi) is 3.93. The van der Waals surface area contributed by atoms with E-state index >= 15 is 0 Å². The minimum absolute atomic E-state index is 0.00287. The van der Waals surface area contributed by atoms with Crippen LogP contribution in [0, 0.1) is 11.2 Å². The Morgan fingerprint density at radius 1 is 1.24 bits per heavy atom. The number of thioether (sulfide) groups is 1. The summed E-state index contributed by atoms with van der Waals surface area (Å²) in [4.78, 5) is 17.9. The molecule has 0 saturated carbocycles. The van der Waals surface area contributed by atoms with E-state index in [2.05, 4.69) is 20.9 Å². The quantitative estimate of drug-likeness (QED) is 0.730. The topological polar surface area (TPSA) is 69.7 Å². The van der Waals surface area contributed by atoms with Gasteiger partial charge in [0.2, 0.25) is 0 Å². The van der Waals surface area contributed by atoms with Gasteiger partial charge in [0.25, 0.3) is 5.91 Å². The van der Waals surface area contributed by atoms with Gasteiger partial charge < -0.3 is 4.42 Å². The Balaban J connectivity index is 1.74. The van der Waals surface area contributed by atoms with Crippen molar-refractivity contribution in [2.24, 2.45) is 4.99 Å². The fourth-order valence-corrected chi connectivity index (χ4v) is 3.68. The van der Waals surface area contributed by atoms with E-state index in [0.29, 0.717) is 21.3 Å². The van der Waals surface area contributed by atoms with Crippen LogP contribution < -0.4 is 0 Å². The monoisotopic (exact) mass is 417 g/mol. The van der Waals surface area contributed by atoms with Gasteiger partial charge in [-0.2, -0.15) is 4.99 Å². The summed E-state index contributed by atoms with van der Waals surface area (Å²) >= 11 is 4.46. The van der Waals surface area contributed by atoms with Crippen LogP contribution in [-0.2, 0) is 4.79 Å². The first kappa shape index (κ1) is 16.0. The molecular weight excluding hydrogens is 409 g/mol. The van der Waals surface area contributed by atoms with Crippen LogP contribution in [0.1, 0.15) is 11.3 Å². The van der Waals surface area contributed by atoms with Crippen molar-refractivity contribution in [3.05, 3.63) is 69.2 Å². The summed E-state index contributed by atoms with van der Waals surface area (Å²) in [5.41, 5.74) is 1.53. The van der Waals surface area contributed by atoms with Crippen LogP contribution in [0.25, 0.3) is 11.8 Å². The molecule has 0 bridgehead atoms. The minimum atomic E-state index is -0.495. The molecule has 3 heterocycles. The van der Waals surface area contributed by atoms with Gasteiger partial charge in [0, 0.05) is 5.41 Å². The standard InChI is InChI=1S/C17H9BrFN3O2S/c18-14-6-5-11(24-14)7-12-15(20)22-13(8-25-17(22)21-16(12)23)9-1-3-10(19)4-2-9/h1-8,20H. The van der Waals surface area contributed by atoms with Crippen LogP contribution in [0.3, 0.4) is 0 Å². The zero-order chi connectivity index (χ0) is 17.6. The molecule has 1 aromatic carbocycles. The molecule has 1 N–H and O–H groups in total. The highest BCUT2D eigenvalue weighted by atomic mass is 79.9. The van der Waals surface area contributed by atoms with Gasteiger partial charge in [0.1, 0.15) is 17.4 Å². The molecule has 0 unspecified atom stereocenters. The maximum Gasteiger partial charge on any atom is 0.283 e. The van der Waals surface area contributed by atoms with Gasteiger partial charge in [-0.15, -0.1) is 0 Å². The Morgan fingerprint density at radius 2 is 2.00 bits per heavy atom. The normalized spacial score (nSPS) is 18.5. The van der Waals surface area contributed by atoms with E-state index in [4.69, 9.17) is 9.83 Å². The lowest BCUT2D eigenvalue weighted by atomic mass is 10.1. The van der Waals surface area contributed by atoms with Crippen molar-refractivity contribution in [1.29, 1.82) is 5.41 Å². The highest BCUT2D eigenvalue weighted by molar-refractivity contribution is 9.10. The van der Waals surface area contributed by atoms with E-state index < -0.39 is 5.91 Å². The first-order chi connectivity index (χ1) is 12.0. The highest BCUT2D eigenvalue weighted by Gasteiger charge is 2.36. The van der Waals surface area contributed by atoms with Gasteiger partial charge >= 0.3 is 0 Å². The third-order valence-electron chi connectivity index (χ3n) is 3.64. The zero-order valence-corrected chi connectivity index (χ0v) is 14.9. The predicted octanol–water partition coefficient (Wildman–Crippen LogP) is 4.49. The minimum Gasteiger partial charge on any atom is -0.450 e. The van der Waals surface area contributed by atoms with Crippen LogP contribution in [0.5, 0.6) is 0 Å². The number of nitrogens with one attached hydrogen (secondary N) is 1. The van der Waals surface area contributed by atoms with Crippen molar-refractivity contribution >= 4 is 56.4 Å². The van der Waals surface area contributed by atoms with Crippen molar-refractivity contribution in [3.63, 3.8) is 0 Å². The molecule has 0 fully saturated rings. The number of benzene rings is 1. The molecular formula is C17H9BrFN3O2S. The van der Waals surface area contributed by atoms with Gasteiger partial charge in [0.05, 0.1) is 11.3 Å². The molecule has 2 aliphatic heterocycles. The third kappa shape index (κ3) is 2.87. The fourth-order valence-electron chi connectivity index (χ4n) is 2.47. The number of nitrogens with zero attached hydrogens (tertiary/aromatic N) is 2. The van der Waals surface area contributed by atoms with Gasteiger partial charge in [0.15, 0.2) is 9.84 Å². The molecule has 0 atom stereocenters. The molecule has 2 aromatic rings. The van der Waals surface area contributed by atoms with Crippen LogP contribution in [0.4, 0.5) is 4.39 Å². The first-order valence-electron chi connectivity index (χ1n) is 7.15. The van der Waals surface area contributed by atoms with E-state index in [1.54, 1.807) is 34.6 Å². The average molecular weight is 418 g/mol. The molecule has 5 nitrogen and oxygen atoms in total. The van der Waals surface area contributed by atoms with E-state index in [1.807, 2.05) is 0 Å². The zero-order valence-electron chi connectivity index (χ0n) is 12.5. The number of amidine groups is 2. The molecule has 4 rings (SSSR count). The molecule has 25 heavy (non-hydrogen) atoms. The summed E-state index contributed by atoms with van der Waals surface area (Å²) in [7, 11) is 0. The maximum absolute atomic E-state index is 13.2. The van der Waals surface area contributed by atoms with Crippen molar-refractivity contribution in [1.82, 2.24) is 4.90 Å². The number of furan rings is 1. The average Bonchev–Trinajstić information content (AvgIpc) is 3.18. The number of hydrogen-bond donors (Lipinski definition) is 1. The number of amides is 1. The maximum atomic E-state index is 13.2. The lowest BCUT2D eigenvalue weighted by Gasteiger charge is -2.26. The molecule has 0 radical (unpaired) electrons. The Bertz CT molecular complexity index is 992. The number of rotatable bonds is 2. The number of aliphatic imine (C=N–C) groups is 1. The van der Waals surface area contributed by atoms with Crippen LogP contribution in [-0.4, -0.2) is 21.8 Å². The molecule has 124 valence electrons. The van der Waals surface area contributed by atoms with E-state index in [9.17, 15) is 9.18 Å². The fraction of sp³-hybridized carbons (Fsp3) is 0. The smallest absolute Gasteiger partial charge is 0.283 e. The summed E-state index contributed by atoms with van der Waals surface area (Å²) in [6, 6.07) is 9.35. The second-order valence-electron chi connectivity index (χ2n) is 5.21. The molecule has 0 spiro atoms. The summed E-state index contributed by atoms with van der Waals surface area (Å²) in [5, 5.41) is 10.7. The summed E-state index contributed by atoms with van der Waals surface area (Å²) in [6.45, 7) is 0.